The number of benzene rings is 1. The SMILES string of the molecule is Cc1nn(C)c2nc(-c3ccco3)cc(C(=O)Nc3ccc(F)c(F)c3)c12. The van der Waals surface area contributed by atoms with Crippen LogP contribution >= 0.6 is 0 Å². The molecule has 0 saturated carbocycles. The molecule has 0 radical (unpaired) electrons. The number of anilines is 1. The number of aryl methyl sites for hydroxylation is 2. The maximum Gasteiger partial charge on any atom is 0.256 e. The van der Waals surface area contributed by atoms with E-state index in [2.05, 4.69) is 15.4 Å². The highest BCUT2D eigenvalue weighted by molar-refractivity contribution is 6.13. The standard InChI is InChI=1S/C19H14F2N4O2/c1-10-17-12(19(26)22-11-5-6-13(20)14(21)8-11)9-15(16-4-3-7-27-16)23-18(17)25(2)24-10/h3-9H,1-2H3,(H,22,26). The number of nitrogens with one attached hydrogen (secondary N) is 1. The quantitative estimate of drug-likeness (QED) is 0.592. The topological polar surface area (TPSA) is 73.0 Å². The van der Waals surface area contributed by atoms with Gasteiger partial charge < -0.3 is 9.73 Å². The molecular weight excluding hydrogens is 354 g/mol. The number of carbonyl (C=O) groups is 1. The van der Waals surface area contributed by atoms with Crippen molar-refractivity contribution < 1.29 is 18.0 Å². The van der Waals surface area contributed by atoms with Gasteiger partial charge in [-0.25, -0.2) is 13.8 Å². The molecule has 1 N–H and O–H groups in total. The third-order valence-corrected chi connectivity index (χ3v) is 4.16. The molecule has 0 fully saturated rings. The van der Waals surface area contributed by atoms with Gasteiger partial charge in [0.15, 0.2) is 23.0 Å². The van der Waals surface area contributed by atoms with Crippen molar-refractivity contribution >= 4 is 22.6 Å². The average molecular weight is 368 g/mol. The summed E-state index contributed by atoms with van der Waals surface area (Å²) in [4.78, 5) is 17.4. The Morgan fingerprint density at radius 1 is 1.19 bits per heavy atom. The molecular formula is C19H14F2N4O2. The highest BCUT2D eigenvalue weighted by Crippen LogP contribution is 2.28. The molecule has 8 heteroatoms. The lowest BCUT2D eigenvalue weighted by atomic mass is 10.1. The molecule has 136 valence electrons. The summed E-state index contributed by atoms with van der Waals surface area (Å²) in [6.07, 6.45) is 1.51. The number of furan rings is 1. The van der Waals surface area contributed by atoms with Gasteiger partial charge in [0, 0.05) is 18.8 Å². The fraction of sp³-hybridized carbons (Fsp3) is 0.105. The van der Waals surface area contributed by atoms with Crippen molar-refractivity contribution in [3.8, 4) is 11.5 Å². The zero-order valence-corrected chi connectivity index (χ0v) is 14.5. The molecule has 6 nitrogen and oxygen atoms in total. The summed E-state index contributed by atoms with van der Waals surface area (Å²) in [7, 11) is 1.73. The minimum Gasteiger partial charge on any atom is -0.463 e. The van der Waals surface area contributed by atoms with Crippen LogP contribution in [-0.2, 0) is 7.05 Å². The van der Waals surface area contributed by atoms with Crippen LogP contribution in [0, 0.1) is 18.6 Å². The van der Waals surface area contributed by atoms with E-state index in [1.807, 2.05) is 0 Å². The van der Waals surface area contributed by atoms with Crippen molar-refractivity contribution in [2.45, 2.75) is 6.92 Å². The van der Waals surface area contributed by atoms with Gasteiger partial charge in [-0.15, -0.1) is 0 Å². The number of amides is 1. The molecule has 0 unspecified atom stereocenters. The number of aromatic nitrogens is 3. The van der Waals surface area contributed by atoms with E-state index in [9.17, 15) is 13.6 Å². The van der Waals surface area contributed by atoms with Crippen molar-refractivity contribution in [2.75, 3.05) is 5.32 Å². The second-order valence-corrected chi connectivity index (χ2v) is 6.02. The van der Waals surface area contributed by atoms with E-state index in [0.717, 1.165) is 12.1 Å². The predicted octanol–water partition coefficient (Wildman–Crippen LogP) is 4.07. The Labute approximate surface area is 152 Å². The Bertz CT molecular complexity index is 1170. The van der Waals surface area contributed by atoms with Gasteiger partial charge in [0.1, 0.15) is 5.69 Å². The molecule has 27 heavy (non-hydrogen) atoms. The van der Waals surface area contributed by atoms with Crippen LogP contribution < -0.4 is 5.32 Å². The number of rotatable bonds is 3. The minimum atomic E-state index is -1.04. The molecule has 0 saturated heterocycles. The summed E-state index contributed by atoms with van der Waals surface area (Å²) in [5, 5.41) is 7.49. The van der Waals surface area contributed by atoms with Gasteiger partial charge in [-0.2, -0.15) is 5.10 Å². The number of nitrogens with zero attached hydrogens (tertiary/aromatic N) is 3. The number of hydrogen-bond acceptors (Lipinski definition) is 4. The summed E-state index contributed by atoms with van der Waals surface area (Å²) in [5.41, 5.74) is 2.05. The molecule has 0 atom stereocenters. The van der Waals surface area contributed by atoms with Crippen LogP contribution in [-0.4, -0.2) is 20.7 Å². The van der Waals surface area contributed by atoms with Gasteiger partial charge in [0.25, 0.3) is 5.91 Å². The van der Waals surface area contributed by atoms with Crippen molar-refractivity contribution in [1.29, 1.82) is 0 Å². The van der Waals surface area contributed by atoms with Crippen LogP contribution in [0.4, 0.5) is 14.5 Å². The van der Waals surface area contributed by atoms with E-state index in [0.29, 0.717) is 33.7 Å². The largest absolute Gasteiger partial charge is 0.463 e. The monoisotopic (exact) mass is 368 g/mol. The molecule has 3 heterocycles. The second kappa shape index (κ2) is 6.31. The molecule has 0 aliphatic rings. The maximum absolute atomic E-state index is 13.4. The van der Waals surface area contributed by atoms with E-state index < -0.39 is 17.5 Å². The summed E-state index contributed by atoms with van der Waals surface area (Å²) in [6.45, 7) is 1.77. The lowest BCUT2D eigenvalue weighted by Gasteiger charge is -2.09. The van der Waals surface area contributed by atoms with Crippen molar-refractivity contribution in [3.63, 3.8) is 0 Å². The maximum atomic E-state index is 13.4. The zero-order valence-electron chi connectivity index (χ0n) is 14.5. The Hall–Kier alpha value is -3.55. The van der Waals surface area contributed by atoms with E-state index in [-0.39, 0.29) is 5.69 Å². The van der Waals surface area contributed by atoms with Gasteiger partial charge >= 0.3 is 0 Å². The fourth-order valence-corrected chi connectivity index (χ4v) is 2.95. The summed E-state index contributed by atoms with van der Waals surface area (Å²) in [6, 6.07) is 8.21. The molecule has 0 bridgehead atoms. The van der Waals surface area contributed by atoms with Crippen LogP contribution in [0.2, 0.25) is 0 Å². The number of carbonyl (C=O) groups excluding carboxylic acids is 1. The molecule has 0 aliphatic carbocycles. The molecule has 3 aromatic heterocycles. The molecule has 1 amide bonds. The van der Waals surface area contributed by atoms with E-state index in [4.69, 9.17) is 4.42 Å². The lowest BCUT2D eigenvalue weighted by Crippen LogP contribution is -2.13. The Kier molecular flexibility index (Phi) is 3.95. The number of pyridine rings is 1. The van der Waals surface area contributed by atoms with Crippen LogP contribution in [0.1, 0.15) is 16.1 Å². The first-order chi connectivity index (χ1) is 12.9. The van der Waals surface area contributed by atoms with Crippen molar-refractivity contribution in [3.05, 3.63) is 65.6 Å². The van der Waals surface area contributed by atoms with E-state index in [1.54, 1.807) is 36.9 Å². The summed E-state index contributed by atoms with van der Waals surface area (Å²) < 4.78 is 33.5. The second-order valence-electron chi connectivity index (χ2n) is 6.02. The van der Waals surface area contributed by atoms with Crippen LogP contribution in [0.5, 0.6) is 0 Å². The predicted molar refractivity (Wildman–Crippen MR) is 95.3 cm³/mol. The zero-order chi connectivity index (χ0) is 19.1. The van der Waals surface area contributed by atoms with E-state index >= 15 is 0 Å². The molecule has 1 aromatic carbocycles. The number of halogens is 2. The summed E-state index contributed by atoms with van der Waals surface area (Å²) >= 11 is 0. The normalized spacial score (nSPS) is 11.1. The van der Waals surface area contributed by atoms with E-state index in [1.165, 1.54) is 12.3 Å². The van der Waals surface area contributed by atoms with Gasteiger partial charge in [-0.1, -0.05) is 0 Å². The molecule has 0 spiro atoms. The Morgan fingerprint density at radius 2 is 2.00 bits per heavy atom. The first kappa shape index (κ1) is 16.9. The molecule has 0 aliphatic heterocycles. The third kappa shape index (κ3) is 2.95. The highest BCUT2D eigenvalue weighted by Gasteiger charge is 2.20. The lowest BCUT2D eigenvalue weighted by molar-refractivity contribution is 0.102. The van der Waals surface area contributed by atoms with Crippen LogP contribution in [0.25, 0.3) is 22.5 Å². The highest BCUT2D eigenvalue weighted by atomic mass is 19.2. The average Bonchev–Trinajstić information content (AvgIpc) is 3.26. The Balaban J connectivity index is 1.83. The van der Waals surface area contributed by atoms with Crippen molar-refractivity contribution in [1.82, 2.24) is 14.8 Å². The fourth-order valence-electron chi connectivity index (χ4n) is 2.95. The minimum absolute atomic E-state index is 0.143. The van der Waals surface area contributed by atoms with Gasteiger partial charge in [-0.3, -0.25) is 9.48 Å². The van der Waals surface area contributed by atoms with Crippen molar-refractivity contribution in [2.24, 2.45) is 7.05 Å². The first-order valence-electron chi connectivity index (χ1n) is 8.08. The molecule has 4 rings (SSSR count). The smallest absolute Gasteiger partial charge is 0.256 e. The van der Waals surface area contributed by atoms with Gasteiger partial charge in [-0.05, 0) is 37.3 Å². The Morgan fingerprint density at radius 3 is 2.70 bits per heavy atom. The number of fused-ring (bicyclic) bond motifs is 1. The first-order valence-corrected chi connectivity index (χ1v) is 8.08. The van der Waals surface area contributed by atoms with Crippen LogP contribution in [0.15, 0.2) is 47.1 Å². The van der Waals surface area contributed by atoms with Crippen LogP contribution in [0.3, 0.4) is 0 Å². The third-order valence-electron chi connectivity index (χ3n) is 4.16. The molecule has 4 aromatic rings. The summed E-state index contributed by atoms with van der Waals surface area (Å²) in [5.74, 6) is -2.01. The number of hydrogen-bond donors (Lipinski definition) is 1. The van der Waals surface area contributed by atoms with Gasteiger partial charge in [0.05, 0.1) is 22.9 Å². The van der Waals surface area contributed by atoms with Gasteiger partial charge in [0.2, 0.25) is 0 Å².